The number of aliphatic hydroxyl groups is 2. The smallest absolute Gasteiger partial charge is 0.355 e. The molecule has 430 valence electrons. The lowest BCUT2D eigenvalue weighted by atomic mass is 9.52. The maximum absolute atomic E-state index is 15.4. The van der Waals surface area contributed by atoms with Gasteiger partial charge in [-0.05, 0) is 120 Å². The first kappa shape index (κ1) is 56.4. The van der Waals surface area contributed by atoms with Crippen LogP contribution in [-0.2, 0) is 47.5 Å². The van der Waals surface area contributed by atoms with Crippen LogP contribution in [0.4, 0.5) is 0 Å². The molecule has 1 spiro atoms. The quantitative estimate of drug-likeness (QED) is 0.0575. The van der Waals surface area contributed by atoms with E-state index < -0.39 is 101 Å². The predicted octanol–water partition coefficient (Wildman–Crippen LogP) is 8.07. The Kier molecular flexibility index (Phi) is 15.0. The highest BCUT2D eigenvalue weighted by Gasteiger charge is 2.61. The van der Waals surface area contributed by atoms with Crippen LogP contribution in [0, 0.1) is 40.4 Å². The van der Waals surface area contributed by atoms with Crippen LogP contribution < -0.4 is 11.1 Å². The third kappa shape index (κ3) is 10.0. The fraction of sp³-hybridized carbons (Fsp3) is 0.667. The van der Waals surface area contributed by atoms with Crippen molar-refractivity contribution in [2.75, 3.05) is 0 Å². The van der Waals surface area contributed by atoms with Crippen molar-refractivity contribution in [1.29, 1.82) is 0 Å². The molecule has 8 aliphatic rings. The maximum Gasteiger partial charge on any atom is 0.355 e. The van der Waals surface area contributed by atoms with Gasteiger partial charge in [-0.1, -0.05) is 70.4 Å². The summed E-state index contributed by atoms with van der Waals surface area (Å²) < 4.78 is 45.1. The molecule has 4 aliphatic carbocycles. The van der Waals surface area contributed by atoms with Gasteiger partial charge in [0.05, 0.1) is 59.4 Å². The lowest BCUT2D eigenvalue weighted by molar-refractivity contribution is -0.339. The lowest BCUT2D eigenvalue weighted by Gasteiger charge is -2.53. The number of ketones is 1. The van der Waals surface area contributed by atoms with Gasteiger partial charge in [0.25, 0.3) is 5.91 Å². The largest absolute Gasteiger partial charge is 0.478 e. The van der Waals surface area contributed by atoms with E-state index >= 15 is 4.79 Å². The Hall–Kier alpha value is -4.47. The number of hydrogen-bond acceptors (Lipinski definition) is 14. The summed E-state index contributed by atoms with van der Waals surface area (Å²) in [7, 11) is 0. The summed E-state index contributed by atoms with van der Waals surface area (Å²) >= 11 is 6.26. The van der Waals surface area contributed by atoms with Gasteiger partial charge in [0.2, 0.25) is 0 Å². The van der Waals surface area contributed by atoms with Crippen molar-refractivity contribution in [3.05, 3.63) is 70.4 Å². The Balaban J connectivity index is 0.718. The Bertz CT molecular complexity index is 2970. The number of halogens is 1. The molecule has 0 unspecified atom stereocenters. The van der Waals surface area contributed by atoms with Crippen molar-refractivity contribution in [3.8, 4) is 0 Å². The fourth-order valence-corrected chi connectivity index (χ4v) is 15.6. The number of hydrogen-bond donors (Lipinski definition) is 7. The zero-order valence-electron chi connectivity index (χ0n) is 46.5. The average molecular weight is 1120 g/mol. The molecular formula is C60H79ClN4O14. The van der Waals surface area contributed by atoms with Gasteiger partial charge in [0, 0.05) is 62.9 Å². The van der Waals surface area contributed by atoms with E-state index in [0.717, 1.165) is 35.6 Å². The number of carboxylic acids is 1. The van der Waals surface area contributed by atoms with E-state index in [4.69, 9.17) is 50.5 Å². The molecule has 3 saturated heterocycles. The molecule has 18 nitrogen and oxygen atoms in total. The summed E-state index contributed by atoms with van der Waals surface area (Å²) in [6.45, 7) is 15.1. The summed E-state index contributed by atoms with van der Waals surface area (Å²) in [5.41, 5.74) is 4.43. The molecule has 6 heterocycles. The van der Waals surface area contributed by atoms with Crippen LogP contribution in [-0.4, -0.2) is 134 Å². The highest BCUT2D eigenvalue weighted by Crippen LogP contribution is 2.58. The van der Waals surface area contributed by atoms with Crippen LogP contribution in [0.15, 0.2) is 59.7 Å². The van der Waals surface area contributed by atoms with Crippen LogP contribution in [0.25, 0.3) is 21.9 Å². The highest BCUT2D eigenvalue weighted by molar-refractivity contribution is 6.32. The van der Waals surface area contributed by atoms with Gasteiger partial charge < -0.3 is 69.5 Å². The number of nitrogens with one attached hydrogen (secondary N) is 3. The van der Waals surface area contributed by atoms with E-state index in [-0.39, 0.29) is 77.3 Å². The average Bonchev–Trinajstić information content (AvgIpc) is 3.81. The van der Waals surface area contributed by atoms with E-state index in [1.165, 1.54) is 0 Å². The first-order chi connectivity index (χ1) is 37.4. The standard InChI is InChI=1S/C60H79ClN4O14/c1-9-32-24-57(6)25-38(55(69)70)28(2)23-60(57)26-39(54(68)65-60)51(67)59(8)33(19-43(32)66)13-15-35-40(59)11-10-12-45(35)77-47-18-17-44(29(3)73-47)76-49-27-58(7,72)52(31(5)75-49)79-48-22-46(50(62)30(4)74-48)78-56(71)42-21-37-36-20-34(61)14-16-41(36)63-53(37)64-42/h13-16,20-21,25-26,28-33,35,40,43-50,52,63-64,66,72H,9-12,17-19,22-24,27,62H2,1-8H3,(H,65,68)(H,69,70)/t28-,29+,30-,31-,32-,33+,35-,40+,43-,44+,45-,46-,47-,48+,49+,50+,52-,57+,58+,59+,60-/m0/s1. The van der Waals surface area contributed by atoms with Crippen molar-refractivity contribution in [2.24, 2.45) is 46.2 Å². The van der Waals surface area contributed by atoms with Crippen LogP contribution in [0.3, 0.4) is 0 Å². The molecule has 3 aromatic rings. The number of H-pyrrole nitrogens is 2. The van der Waals surface area contributed by atoms with Crippen LogP contribution in [0.5, 0.6) is 0 Å². The highest BCUT2D eigenvalue weighted by atomic mass is 35.5. The molecule has 4 aliphatic heterocycles. The van der Waals surface area contributed by atoms with Crippen LogP contribution in [0.1, 0.15) is 137 Å². The van der Waals surface area contributed by atoms with Crippen molar-refractivity contribution >= 4 is 57.2 Å². The number of nitrogens with two attached hydrogens (primary N) is 1. The number of carboxylic acid groups (broad SMARTS) is 1. The van der Waals surface area contributed by atoms with Crippen LogP contribution >= 0.6 is 11.6 Å². The molecular weight excluding hydrogens is 1040 g/mol. The molecule has 1 aromatic carbocycles. The minimum absolute atomic E-state index is 0.0952. The summed E-state index contributed by atoms with van der Waals surface area (Å²) in [6, 6.07) is 6.60. The minimum atomic E-state index is -1.41. The zero-order chi connectivity index (χ0) is 56.2. The van der Waals surface area contributed by atoms with Gasteiger partial charge in [-0.2, -0.15) is 0 Å². The maximum atomic E-state index is 15.4. The normalized spacial score (nSPS) is 43.5. The van der Waals surface area contributed by atoms with Gasteiger partial charge in [0.15, 0.2) is 24.7 Å². The number of esters is 1. The molecule has 2 bridgehead atoms. The number of aromatic amines is 2. The molecule has 0 radical (unpaired) electrons. The van der Waals surface area contributed by atoms with Crippen molar-refractivity contribution < 1.29 is 67.7 Å². The topological polar surface area (TPSA) is 263 Å². The lowest BCUT2D eigenvalue weighted by Crippen LogP contribution is -2.60. The summed E-state index contributed by atoms with van der Waals surface area (Å²) in [4.78, 5) is 62.1. The number of Topliss-reactive ketones (excluding diaryl/α,β-unsaturated/α-hetero) is 1. The van der Waals surface area contributed by atoms with Gasteiger partial charge >= 0.3 is 11.9 Å². The molecule has 11 rings (SSSR count). The van der Waals surface area contributed by atoms with Gasteiger partial charge in [-0.15, -0.1) is 0 Å². The molecule has 1 amide bonds. The van der Waals surface area contributed by atoms with E-state index in [0.29, 0.717) is 49.2 Å². The third-order valence-corrected chi connectivity index (χ3v) is 20.2. The summed E-state index contributed by atoms with van der Waals surface area (Å²) in [5.74, 6) is -3.54. The number of carbonyl (C=O) groups excluding carboxylic acids is 3. The number of aromatic nitrogens is 2. The minimum Gasteiger partial charge on any atom is -0.478 e. The number of aliphatic hydroxyl groups excluding tert-OH is 1. The molecule has 8 N–H and O–H groups in total. The monoisotopic (exact) mass is 1110 g/mol. The first-order valence-corrected chi connectivity index (χ1v) is 29.1. The van der Waals surface area contributed by atoms with Crippen LogP contribution in [0.2, 0.25) is 5.02 Å². The summed E-state index contributed by atoms with van der Waals surface area (Å²) in [6.07, 6.45) is 6.47. The number of rotatable bonds is 10. The van der Waals surface area contributed by atoms with E-state index in [1.54, 1.807) is 32.1 Å². The molecule has 2 aromatic heterocycles. The number of aliphatic carboxylic acids is 1. The van der Waals surface area contributed by atoms with Gasteiger partial charge in [0.1, 0.15) is 23.5 Å². The number of ether oxygens (including phenoxy) is 7. The second-order valence-corrected chi connectivity index (χ2v) is 25.6. The van der Waals surface area contributed by atoms with Gasteiger partial charge in [-0.25, -0.2) is 9.59 Å². The SMILES string of the molecule is CC[C@H]1C[C@]2(C)C=C(C(=O)O)[C@@H](C)C[C@]23C=C(C(=O)N3)C(=O)[C@]2(C)[C@H](C=C[C@@H]3[C@@H](O[C@H]4CC[C@@H](O[C@@H]5C[C@@](C)(O)[C@@H](O[C@@H]6C[C@H](OC(=O)c7cc8c([nH]7)[nH]c7ccc(Cl)cc78)[C@H](N)[C@H](C)O6)[C@H](C)O5)[C@@H](C)O4)CCC[C@H]32)C[C@@H]1O. The number of carbonyl (C=O) groups is 4. The first-order valence-electron chi connectivity index (χ1n) is 28.7. The zero-order valence-corrected chi connectivity index (χ0v) is 47.3. The van der Waals surface area contributed by atoms with Gasteiger partial charge in [-0.3, -0.25) is 9.59 Å². The van der Waals surface area contributed by atoms with Crippen molar-refractivity contribution in [1.82, 2.24) is 15.3 Å². The summed E-state index contributed by atoms with van der Waals surface area (Å²) in [5, 5.41) is 39.8. The number of fused-ring (bicyclic) bond motifs is 6. The molecule has 21 atom stereocenters. The van der Waals surface area contributed by atoms with Crippen molar-refractivity contribution in [3.63, 3.8) is 0 Å². The van der Waals surface area contributed by atoms with E-state index in [1.807, 2.05) is 59.8 Å². The van der Waals surface area contributed by atoms with E-state index in [9.17, 15) is 29.7 Å². The predicted molar refractivity (Wildman–Crippen MR) is 291 cm³/mol. The van der Waals surface area contributed by atoms with Crippen molar-refractivity contribution in [2.45, 2.75) is 211 Å². The molecule has 19 heteroatoms. The Morgan fingerprint density at radius 1 is 0.823 bits per heavy atom. The fourth-order valence-electron chi connectivity index (χ4n) is 15.4. The molecule has 4 fully saturated rings. The number of allylic oxidation sites excluding steroid dienone is 1. The Morgan fingerprint density at radius 3 is 2.30 bits per heavy atom. The number of amides is 1. The molecule has 79 heavy (non-hydrogen) atoms. The Labute approximate surface area is 465 Å². The third-order valence-electron chi connectivity index (χ3n) is 20.0. The number of benzene rings is 1. The second kappa shape index (κ2) is 21.1. The molecule has 1 saturated carbocycles. The second-order valence-electron chi connectivity index (χ2n) is 25.2. The Morgan fingerprint density at radius 2 is 1.57 bits per heavy atom. The van der Waals surface area contributed by atoms with E-state index in [2.05, 4.69) is 27.4 Å².